The van der Waals surface area contributed by atoms with Crippen molar-refractivity contribution in [2.75, 3.05) is 18.5 Å². The van der Waals surface area contributed by atoms with E-state index >= 15 is 0 Å². The molecule has 0 saturated carbocycles. The van der Waals surface area contributed by atoms with E-state index in [1.165, 1.54) is 0 Å². The predicted molar refractivity (Wildman–Crippen MR) is 52.4 cm³/mol. The number of ether oxygens (including phenoxy) is 1. The second kappa shape index (κ2) is 6.63. The number of halogens is 4. The Morgan fingerprint density at radius 2 is 1.93 bits per heavy atom. The van der Waals surface area contributed by atoms with E-state index < -0.39 is 6.36 Å². The van der Waals surface area contributed by atoms with Crippen LogP contribution >= 0.6 is 15.9 Å². The zero-order chi connectivity index (χ0) is 11.2. The summed E-state index contributed by atoms with van der Waals surface area (Å²) in [6.07, 6.45) is -4.52. The van der Waals surface area contributed by atoms with Gasteiger partial charge in [0.2, 0.25) is 0 Å². The summed E-state index contributed by atoms with van der Waals surface area (Å²) in [6.45, 7) is 3.80. The molecule has 14 heavy (non-hydrogen) atoms. The van der Waals surface area contributed by atoms with E-state index in [1.54, 1.807) is 0 Å². The molecule has 0 saturated heterocycles. The third-order valence-electron chi connectivity index (χ3n) is 1.93. The molecule has 0 amide bonds. The van der Waals surface area contributed by atoms with Crippen LogP contribution in [-0.2, 0) is 4.74 Å². The van der Waals surface area contributed by atoms with Crippen LogP contribution in [-0.4, -0.2) is 30.9 Å². The van der Waals surface area contributed by atoms with Crippen LogP contribution in [0.15, 0.2) is 0 Å². The number of alkyl halides is 4. The Morgan fingerprint density at radius 3 is 2.36 bits per heavy atom. The van der Waals surface area contributed by atoms with E-state index in [1.807, 2.05) is 13.8 Å². The SMILES string of the molecule is CC(CBr)C(C)NCCOC(F)(F)F. The molecule has 0 aliphatic heterocycles. The summed E-state index contributed by atoms with van der Waals surface area (Å²) in [6, 6.07) is 0.172. The Labute approximate surface area is 90.3 Å². The van der Waals surface area contributed by atoms with Crippen LogP contribution in [0.3, 0.4) is 0 Å². The highest BCUT2D eigenvalue weighted by atomic mass is 79.9. The van der Waals surface area contributed by atoms with Gasteiger partial charge in [-0.25, -0.2) is 0 Å². The molecule has 1 N–H and O–H groups in total. The van der Waals surface area contributed by atoms with E-state index in [4.69, 9.17) is 0 Å². The lowest BCUT2D eigenvalue weighted by molar-refractivity contribution is -0.323. The minimum Gasteiger partial charge on any atom is -0.312 e. The van der Waals surface area contributed by atoms with Gasteiger partial charge in [0.25, 0.3) is 0 Å². The lowest BCUT2D eigenvalue weighted by atomic mass is 10.1. The van der Waals surface area contributed by atoms with Crippen LogP contribution in [0.2, 0.25) is 0 Å². The average Bonchev–Trinajstić information content (AvgIpc) is 2.09. The fourth-order valence-corrected chi connectivity index (χ4v) is 1.35. The van der Waals surface area contributed by atoms with Crippen LogP contribution in [0, 0.1) is 5.92 Å². The maximum atomic E-state index is 11.5. The van der Waals surface area contributed by atoms with Crippen molar-refractivity contribution < 1.29 is 17.9 Å². The third-order valence-corrected chi connectivity index (χ3v) is 2.95. The molecule has 2 atom stereocenters. The van der Waals surface area contributed by atoms with Gasteiger partial charge in [-0.2, -0.15) is 0 Å². The lowest BCUT2D eigenvalue weighted by Crippen LogP contribution is -2.36. The highest BCUT2D eigenvalue weighted by molar-refractivity contribution is 9.09. The Hall–Kier alpha value is 0.190. The summed E-state index contributed by atoms with van der Waals surface area (Å²) in [4.78, 5) is 0. The van der Waals surface area contributed by atoms with Crippen molar-refractivity contribution in [3.05, 3.63) is 0 Å². The van der Waals surface area contributed by atoms with Crippen LogP contribution < -0.4 is 5.32 Å². The molecule has 0 aromatic heterocycles. The van der Waals surface area contributed by atoms with Gasteiger partial charge in [0.1, 0.15) is 0 Å². The Balaban J connectivity index is 3.45. The minimum absolute atomic E-state index is 0.172. The number of nitrogens with one attached hydrogen (secondary N) is 1. The first-order chi connectivity index (χ1) is 6.37. The second-order valence-electron chi connectivity index (χ2n) is 3.17. The van der Waals surface area contributed by atoms with Gasteiger partial charge in [-0.15, -0.1) is 13.2 Å². The molecule has 2 unspecified atom stereocenters. The molecule has 0 aromatic rings. The van der Waals surface area contributed by atoms with Gasteiger partial charge >= 0.3 is 6.36 Å². The van der Waals surface area contributed by atoms with E-state index in [2.05, 4.69) is 26.0 Å². The molecule has 0 spiro atoms. The fraction of sp³-hybridized carbons (Fsp3) is 1.00. The topological polar surface area (TPSA) is 21.3 Å². The maximum absolute atomic E-state index is 11.5. The van der Waals surface area contributed by atoms with Crippen LogP contribution in [0.4, 0.5) is 13.2 Å². The van der Waals surface area contributed by atoms with Crippen molar-refractivity contribution in [2.45, 2.75) is 26.3 Å². The van der Waals surface area contributed by atoms with Gasteiger partial charge < -0.3 is 5.32 Å². The highest BCUT2D eigenvalue weighted by Gasteiger charge is 2.28. The number of hydrogen-bond donors (Lipinski definition) is 1. The molecular formula is C8H15BrF3NO. The van der Waals surface area contributed by atoms with Crippen LogP contribution in [0.25, 0.3) is 0 Å². The Bertz CT molecular complexity index is 154. The van der Waals surface area contributed by atoms with Crippen molar-refractivity contribution in [1.82, 2.24) is 5.32 Å². The van der Waals surface area contributed by atoms with E-state index in [0.717, 1.165) is 5.33 Å². The first-order valence-corrected chi connectivity index (χ1v) is 5.49. The van der Waals surface area contributed by atoms with Gasteiger partial charge in [0, 0.05) is 17.9 Å². The number of rotatable bonds is 6. The normalized spacial score (nSPS) is 16.7. The summed E-state index contributed by atoms with van der Waals surface area (Å²) in [5.74, 6) is 0.376. The van der Waals surface area contributed by atoms with Gasteiger partial charge in [-0.05, 0) is 12.8 Å². The van der Waals surface area contributed by atoms with Crippen LogP contribution in [0.1, 0.15) is 13.8 Å². The molecule has 0 radical (unpaired) electrons. The van der Waals surface area contributed by atoms with E-state index in [9.17, 15) is 13.2 Å². The summed E-state index contributed by atoms with van der Waals surface area (Å²) in [7, 11) is 0. The fourth-order valence-electron chi connectivity index (χ4n) is 0.788. The molecule has 2 nitrogen and oxygen atoms in total. The van der Waals surface area contributed by atoms with E-state index in [0.29, 0.717) is 5.92 Å². The van der Waals surface area contributed by atoms with Crippen LogP contribution in [0.5, 0.6) is 0 Å². The molecule has 0 aromatic carbocycles. The minimum atomic E-state index is -4.52. The molecule has 86 valence electrons. The lowest BCUT2D eigenvalue weighted by Gasteiger charge is -2.19. The predicted octanol–water partition coefficient (Wildman–Crippen LogP) is 2.53. The monoisotopic (exact) mass is 277 g/mol. The Kier molecular flexibility index (Phi) is 6.72. The second-order valence-corrected chi connectivity index (χ2v) is 3.82. The zero-order valence-electron chi connectivity index (χ0n) is 8.20. The summed E-state index contributed by atoms with van der Waals surface area (Å²) >= 11 is 3.30. The first-order valence-electron chi connectivity index (χ1n) is 4.37. The molecule has 0 heterocycles. The Morgan fingerprint density at radius 1 is 1.36 bits per heavy atom. The highest BCUT2D eigenvalue weighted by Crippen LogP contribution is 2.15. The molecule has 6 heteroatoms. The van der Waals surface area contributed by atoms with E-state index in [-0.39, 0.29) is 19.2 Å². The summed E-state index contributed by atoms with van der Waals surface area (Å²) in [5.41, 5.74) is 0. The molecule has 0 fully saturated rings. The van der Waals surface area contributed by atoms with Crippen molar-refractivity contribution in [3.63, 3.8) is 0 Å². The first kappa shape index (κ1) is 14.2. The molecule has 0 aliphatic carbocycles. The van der Waals surface area contributed by atoms with Crippen molar-refractivity contribution in [1.29, 1.82) is 0 Å². The average molecular weight is 278 g/mol. The summed E-state index contributed by atoms with van der Waals surface area (Å²) in [5, 5.41) is 3.77. The number of hydrogen-bond acceptors (Lipinski definition) is 2. The smallest absolute Gasteiger partial charge is 0.312 e. The van der Waals surface area contributed by atoms with Gasteiger partial charge in [0.05, 0.1) is 6.61 Å². The molecule has 0 bridgehead atoms. The van der Waals surface area contributed by atoms with Gasteiger partial charge in [0.15, 0.2) is 0 Å². The quantitative estimate of drug-likeness (QED) is 0.595. The van der Waals surface area contributed by atoms with Crippen molar-refractivity contribution >= 4 is 15.9 Å². The van der Waals surface area contributed by atoms with Gasteiger partial charge in [-0.1, -0.05) is 22.9 Å². The van der Waals surface area contributed by atoms with Gasteiger partial charge in [-0.3, -0.25) is 4.74 Å². The third kappa shape index (κ3) is 7.58. The zero-order valence-corrected chi connectivity index (χ0v) is 9.78. The van der Waals surface area contributed by atoms with Crippen molar-refractivity contribution in [3.8, 4) is 0 Å². The summed E-state index contributed by atoms with van der Waals surface area (Å²) < 4.78 is 38.3. The largest absolute Gasteiger partial charge is 0.522 e. The maximum Gasteiger partial charge on any atom is 0.522 e. The standard InChI is InChI=1S/C8H15BrF3NO/c1-6(5-9)7(2)13-3-4-14-8(10,11)12/h6-7,13H,3-5H2,1-2H3. The van der Waals surface area contributed by atoms with Crippen molar-refractivity contribution in [2.24, 2.45) is 5.92 Å². The molecule has 0 rings (SSSR count). The molecular weight excluding hydrogens is 263 g/mol. The molecule has 0 aliphatic rings.